The molecule has 38 heavy (non-hydrogen) atoms. The smallest absolute Gasteiger partial charge is 0.315 e. The van der Waals surface area contributed by atoms with Gasteiger partial charge in [0, 0.05) is 24.5 Å². The van der Waals surface area contributed by atoms with Crippen LogP contribution in [0.1, 0.15) is 62.3 Å². The van der Waals surface area contributed by atoms with E-state index in [0.717, 1.165) is 0 Å². The number of carbonyl (C=O) groups is 3. The van der Waals surface area contributed by atoms with Crippen molar-refractivity contribution < 1.29 is 22.8 Å². The van der Waals surface area contributed by atoms with Gasteiger partial charge in [-0.1, -0.05) is 73.6 Å². The molecular formula is C28H44N4O5S. The molecule has 3 N–H and O–H groups in total. The van der Waals surface area contributed by atoms with Crippen molar-refractivity contribution in [2.24, 2.45) is 28.1 Å². The first-order chi connectivity index (χ1) is 17.4. The van der Waals surface area contributed by atoms with E-state index in [-0.39, 0.29) is 45.8 Å². The standard InChI is InChI=1S/C28H44N4O5S/c1-17(2)20(15-29-38(36,37)19-13-11-10-12-14-19)30-25(35)31-22(26(4,5)6)24(34)32-16-21-27(7,8)28(21,9)23(32)18(3)33/h10-14,17,20-23,29H,15-16H2,1-9H3,(H2,30,31,35)/t20-,21-,22-,23-,28?/m1/s1. The van der Waals surface area contributed by atoms with Crippen molar-refractivity contribution in [1.29, 1.82) is 0 Å². The maximum atomic E-state index is 13.8. The molecule has 2 aliphatic rings. The molecule has 3 rings (SSSR count). The number of likely N-dealkylation sites (tertiary alicyclic amines) is 1. The van der Waals surface area contributed by atoms with Crippen LogP contribution in [0.4, 0.5) is 4.79 Å². The third-order valence-electron chi connectivity index (χ3n) is 8.88. The Morgan fingerprint density at radius 2 is 1.63 bits per heavy atom. The Morgan fingerprint density at radius 3 is 2.13 bits per heavy atom. The van der Waals surface area contributed by atoms with Crippen LogP contribution in [-0.2, 0) is 19.6 Å². The van der Waals surface area contributed by atoms with E-state index in [2.05, 4.69) is 36.1 Å². The summed E-state index contributed by atoms with van der Waals surface area (Å²) in [7, 11) is -3.74. The van der Waals surface area contributed by atoms with Crippen LogP contribution >= 0.6 is 0 Å². The summed E-state index contributed by atoms with van der Waals surface area (Å²) >= 11 is 0. The van der Waals surface area contributed by atoms with Crippen molar-refractivity contribution in [1.82, 2.24) is 20.3 Å². The number of piperidine rings is 1. The lowest BCUT2D eigenvalue weighted by Crippen LogP contribution is -2.61. The number of amides is 3. The van der Waals surface area contributed by atoms with Gasteiger partial charge in [0.15, 0.2) is 5.78 Å². The minimum absolute atomic E-state index is 0.00982. The Bertz CT molecular complexity index is 1180. The van der Waals surface area contributed by atoms with Gasteiger partial charge in [0.1, 0.15) is 6.04 Å². The Labute approximate surface area is 227 Å². The second-order valence-electron chi connectivity index (χ2n) is 13.0. The van der Waals surface area contributed by atoms with Gasteiger partial charge in [-0.25, -0.2) is 17.9 Å². The van der Waals surface area contributed by atoms with Gasteiger partial charge in [0.25, 0.3) is 0 Å². The number of nitrogens with one attached hydrogen (secondary N) is 3. The van der Waals surface area contributed by atoms with Crippen molar-refractivity contribution in [3.8, 4) is 0 Å². The van der Waals surface area contributed by atoms with E-state index >= 15 is 0 Å². The highest BCUT2D eigenvalue weighted by Gasteiger charge is 2.77. The summed E-state index contributed by atoms with van der Waals surface area (Å²) in [5, 5.41) is 5.69. The summed E-state index contributed by atoms with van der Waals surface area (Å²) in [4.78, 5) is 41.5. The molecule has 0 bridgehead atoms. The highest BCUT2D eigenvalue weighted by atomic mass is 32.2. The highest BCUT2D eigenvalue weighted by Crippen LogP contribution is 2.74. The fraction of sp³-hybridized carbons (Fsp3) is 0.679. The van der Waals surface area contributed by atoms with Crippen molar-refractivity contribution in [3.63, 3.8) is 0 Å². The number of benzene rings is 1. The quantitative estimate of drug-likeness (QED) is 0.437. The Balaban J connectivity index is 1.72. The lowest BCUT2D eigenvalue weighted by atomic mass is 9.83. The monoisotopic (exact) mass is 548 g/mol. The van der Waals surface area contributed by atoms with Crippen LogP contribution in [0, 0.1) is 28.1 Å². The number of fused-ring (bicyclic) bond motifs is 1. The normalized spacial score (nSPS) is 25.9. The van der Waals surface area contributed by atoms with Crippen LogP contribution in [0.15, 0.2) is 35.2 Å². The predicted molar refractivity (Wildman–Crippen MR) is 147 cm³/mol. The van der Waals surface area contributed by atoms with Crippen LogP contribution in [0.25, 0.3) is 0 Å². The maximum absolute atomic E-state index is 13.8. The molecule has 1 aromatic rings. The summed E-state index contributed by atoms with van der Waals surface area (Å²) in [6, 6.07) is 5.55. The molecule has 1 unspecified atom stereocenters. The zero-order valence-electron chi connectivity index (χ0n) is 24.1. The fourth-order valence-corrected chi connectivity index (χ4v) is 7.16. The van der Waals surface area contributed by atoms with Gasteiger partial charge in [-0.3, -0.25) is 9.59 Å². The Kier molecular flexibility index (Phi) is 8.12. The minimum Gasteiger partial charge on any atom is -0.334 e. The van der Waals surface area contributed by atoms with E-state index < -0.39 is 39.6 Å². The number of carbonyl (C=O) groups excluding carboxylic acids is 3. The molecule has 3 amide bonds. The molecule has 0 spiro atoms. The molecular weight excluding hydrogens is 504 g/mol. The minimum atomic E-state index is -3.74. The fourth-order valence-electron chi connectivity index (χ4n) is 6.07. The molecule has 1 aliphatic carbocycles. The molecule has 9 nitrogen and oxygen atoms in total. The van der Waals surface area contributed by atoms with Crippen molar-refractivity contribution in [2.75, 3.05) is 13.1 Å². The lowest BCUT2D eigenvalue weighted by molar-refractivity contribution is -0.143. The van der Waals surface area contributed by atoms with Gasteiger partial charge in [-0.05, 0) is 41.7 Å². The average Bonchev–Trinajstić information content (AvgIpc) is 3.07. The van der Waals surface area contributed by atoms with Crippen LogP contribution in [-0.4, -0.2) is 62.3 Å². The SMILES string of the molecule is CC(=O)[C@H]1N(C(=O)[C@@H](NC(=O)N[C@H](CNS(=O)(=O)c2ccccc2)C(C)C)C(C)(C)C)C[C@@H]2C(C)(C)C21C. The number of rotatable bonds is 9. The molecule has 1 aliphatic heterocycles. The molecule has 0 aromatic heterocycles. The topological polar surface area (TPSA) is 125 Å². The second kappa shape index (κ2) is 10.3. The number of urea groups is 1. The molecule has 0 radical (unpaired) electrons. The third-order valence-corrected chi connectivity index (χ3v) is 10.3. The summed E-state index contributed by atoms with van der Waals surface area (Å²) in [5.41, 5.74) is -0.932. The van der Waals surface area contributed by atoms with Gasteiger partial charge in [-0.2, -0.15) is 0 Å². The maximum Gasteiger partial charge on any atom is 0.315 e. The number of nitrogens with zero attached hydrogens (tertiary/aromatic N) is 1. The molecule has 1 heterocycles. The summed E-state index contributed by atoms with van der Waals surface area (Å²) in [6.45, 7) is 17.7. The summed E-state index contributed by atoms with van der Waals surface area (Å²) < 4.78 is 27.9. The zero-order chi connectivity index (χ0) is 28.8. The van der Waals surface area contributed by atoms with E-state index in [0.29, 0.717) is 6.54 Å². The molecule has 2 fully saturated rings. The molecule has 1 saturated carbocycles. The zero-order valence-corrected chi connectivity index (χ0v) is 24.9. The highest BCUT2D eigenvalue weighted by molar-refractivity contribution is 7.89. The van der Waals surface area contributed by atoms with E-state index in [1.54, 1.807) is 23.1 Å². The van der Waals surface area contributed by atoms with Gasteiger partial charge in [0.05, 0.1) is 10.9 Å². The first-order valence-electron chi connectivity index (χ1n) is 13.3. The Hall–Kier alpha value is -2.46. The summed E-state index contributed by atoms with van der Waals surface area (Å²) in [6.07, 6.45) is 0. The number of hydrogen-bond donors (Lipinski definition) is 3. The number of hydrogen-bond acceptors (Lipinski definition) is 5. The molecule has 1 saturated heterocycles. The largest absolute Gasteiger partial charge is 0.334 e. The summed E-state index contributed by atoms with van der Waals surface area (Å²) in [5.74, 6) is -0.178. The number of ketones is 1. The van der Waals surface area contributed by atoms with Gasteiger partial charge < -0.3 is 15.5 Å². The first-order valence-corrected chi connectivity index (χ1v) is 14.8. The van der Waals surface area contributed by atoms with Gasteiger partial charge in [-0.15, -0.1) is 0 Å². The van der Waals surface area contributed by atoms with Crippen molar-refractivity contribution in [3.05, 3.63) is 30.3 Å². The van der Waals surface area contributed by atoms with Gasteiger partial charge >= 0.3 is 6.03 Å². The predicted octanol–water partition coefficient (Wildman–Crippen LogP) is 3.17. The van der Waals surface area contributed by atoms with E-state index in [1.807, 2.05) is 34.6 Å². The van der Waals surface area contributed by atoms with Crippen LogP contribution in [0.2, 0.25) is 0 Å². The average molecular weight is 549 g/mol. The van der Waals surface area contributed by atoms with Crippen molar-refractivity contribution >= 4 is 27.7 Å². The van der Waals surface area contributed by atoms with E-state index in [4.69, 9.17) is 0 Å². The van der Waals surface area contributed by atoms with Crippen LogP contribution in [0.3, 0.4) is 0 Å². The molecule has 5 atom stereocenters. The second-order valence-corrected chi connectivity index (χ2v) is 14.8. The van der Waals surface area contributed by atoms with Gasteiger partial charge in [0.2, 0.25) is 15.9 Å². The van der Waals surface area contributed by atoms with Crippen LogP contribution < -0.4 is 15.4 Å². The first kappa shape index (κ1) is 30.1. The molecule has 1 aromatic carbocycles. The number of sulfonamides is 1. The van der Waals surface area contributed by atoms with E-state index in [9.17, 15) is 22.8 Å². The molecule has 10 heteroatoms. The lowest BCUT2D eigenvalue weighted by Gasteiger charge is -2.39. The molecule has 212 valence electrons. The van der Waals surface area contributed by atoms with E-state index in [1.165, 1.54) is 19.1 Å². The number of Topliss-reactive ketones (excluding diaryl/α,β-unsaturated/α-hetero) is 1. The van der Waals surface area contributed by atoms with Crippen LogP contribution in [0.5, 0.6) is 0 Å². The van der Waals surface area contributed by atoms with Crippen molar-refractivity contribution in [2.45, 2.75) is 85.3 Å². The Morgan fingerprint density at radius 1 is 1.05 bits per heavy atom. The third kappa shape index (κ3) is 5.47.